The van der Waals surface area contributed by atoms with E-state index in [1.807, 2.05) is 0 Å². The minimum Gasteiger partial charge on any atom is -0.382 e. The van der Waals surface area contributed by atoms with Gasteiger partial charge in [-0.3, -0.25) is 4.79 Å². The molecule has 1 aliphatic heterocycles. The van der Waals surface area contributed by atoms with Gasteiger partial charge in [-0.25, -0.2) is 4.39 Å². The molecule has 18 heavy (non-hydrogen) atoms. The molecular weight excluding hydrogens is 235 g/mol. The van der Waals surface area contributed by atoms with Crippen molar-refractivity contribution in [3.63, 3.8) is 0 Å². The summed E-state index contributed by atoms with van der Waals surface area (Å²) >= 11 is 0. The van der Waals surface area contributed by atoms with Crippen LogP contribution in [0.5, 0.6) is 0 Å². The molecule has 0 aromatic heterocycles. The summed E-state index contributed by atoms with van der Waals surface area (Å²) in [6.45, 7) is 3.87. The van der Waals surface area contributed by atoms with Gasteiger partial charge in [0.1, 0.15) is 5.82 Å². The minimum atomic E-state index is -0.695. The molecular formula is C13H13FN2O2. The summed E-state index contributed by atoms with van der Waals surface area (Å²) in [5.74, 6) is -0.642. The number of nitrogens with zero attached hydrogens (tertiary/aromatic N) is 1. The Hall–Kier alpha value is -2.17. The minimum absolute atomic E-state index is 0.268. The SMILES string of the molecule is C=CCNC(=O)C1CC(c2ccccc2F)=NO1. The van der Waals surface area contributed by atoms with Crippen LogP contribution in [-0.4, -0.2) is 24.3 Å². The summed E-state index contributed by atoms with van der Waals surface area (Å²) in [5, 5.41) is 6.38. The number of benzene rings is 1. The zero-order chi connectivity index (χ0) is 13.0. The highest BCUT2D eigenvalue weighted by atomic mass is 19.1. The lowest BCUT2D eigenvalue weighted by atomic mass is 10.0. The zero-order valence-corrected chi connectivity index (χ0v) is 9.73. The molecule has 0 bridgehead atoms. The van der Waals surface area contributed by atoms with Crippen molar-refractivity contribution in [3.8, 4) is 0 Å². The second-order valence-corrected chi connectivity index (χ2v) is 3.85. The molecule has 0 spiro atoms. The van der Waals surface area contributed by atoms with Gasteiger partial charge in [0.25, 0.3) is 5.91 Å². The van der Waals surface area contributed by atoms with Crippen LogP contribution in [-0.2, 0) is 9.63 Å². The Morgan fingerprint density at radius 1 is 1.61 bits per heavy atom. The number of rotatable bonds is 4. The number of hydrogen-bond acceptors (Lipinski definition) is 3. The number of oxime groups is 1. The van der Waals surface area contributed by atoms with Gasteiger partial charge >= 0.3 is 0 Å². The van der Waals surface area contributed by atoms with Crippen LogP contribution < -0.4 is 5.32 Å². The average Bonchev–Trinajstić information content (AvgIpc) is 2.86. The molecule has 0 saturated heterocycles. The Morgan fingerprint density at radius 3 is 3.11 bits per heavy atom. The summed E-state index contributed by atoms with van der Waals surface area (Å²) in [5.41, 5.74) is 0.823. The second kappa shape index (κ2) is 5.44. The Labute approximate surface area is 104 Å². The van der Waals surface area contributed by atoms with Crippen molar-refractivity contribution in [1.29, 1.82) is 0 Å². The first kappa shape index (κ1) is 12.3. The lowest BCUT2D eigenvalue weighted by Crippen LogP contribution is -2.34. The van der Waals surface area contributed by atoms with Crippen LogP contribution >= 0.6 is 0 Å². The first-order valence-corrected chi connectivity index (χ1v) is 5.58. The topological polar surface area (TPSA) is 50.7 Å². The molecule has 0 aliphatic carbocycles. The van der Waals surface area contributed by atoms with Gasteiger partial charge < -0.3 is 10.2 Å². The third-order valence-corrected chi connectivity index (χ3v) is 2.57. The molecule has 4 nitrogen and oxygen atoms in total. The van der Waals surface area contributed by atoms with E-state index < -0.39 is 6.10 Å². The molecule has 1 unspecified atom stereocenters. The molecule has 1 amide bonds. The Morgan fingerprint density at radius 2 is 2.39 bits per heavy atom. The summed E-state index contributed by atoms with van der Waals surface area (Å²) in [4.78, 5) is 16.6. The fourth-order valence-corrected chi connectivity index (χ4v) is 1.66. The number of nitrogens with one attached hydrogen (secondary N) is 1. The third-order valence-electron chi connectivity index (χ3n) is 2.57. The Balaban J connectivity index is 2.02. The molecule has 1 aliphatic rings. The van der Waals surface area contributed by atoms with Crippen LogP contribution in [0.15, 0.2) is 42.1 Å². The van der Waals surface area contributed by atoms with Crippen molar-refractivity contribution >= 4 is 11.6 Å². The van der Waals surface area contributed by atoms with Gasteiger partial charge in [0, 0.05) is 18.5 Å². The summed E-state index contributed by atoms with van der Waals surface area (Å²) in [6, 6.07) is 6.28. The van der Waals surface area contributed by atoms with Gasteiger partial charge in [0.15, 0.2) is 0 Å². The van der Waals surface area contributed by atoms with E-state index in [1.54, 1.807) is 24.3 Å². The first-order chi connectivity index (χ1) is 8.72. The van der Waals surface area contributed by atoms with E-state index in [-0.39, 0.29) is 18.1 Å². The van der Waals surface area contributed by atoms with Crippen LogP contribution in [0.1, 0.15) is 12.0 Å². The highest BCUT2D eigenvalue weighted by molar-refractivity contribution is 6.04. The van der Waals surface area contributed by atoms with Crippen molar-refractivity contribution in [2.24, 2.45) is 5.16 Å². The van der Waals surface area contributed by atoms with Gasteiger partial charge in [0.2, 0.25) is 6.10 Å². The molecule has 2 rings (SSSR count). The van der Waals surface area contributed by atoms with E-state index in [4.69, 9.17) is 4.84 Å². The molecule has 94 valence electrons. The van der Waals surface area contributed by atoms with Crippen molar-refractivity contribution < 1.29 is 14.0 Å². The molecule has 1 N–H and O–H groups in total. The van der Waals surface area contributed by atoms with Gasteiger partial charge in [-0.15, -0.1) is 6.58 Å². The van der Waals surface area contributed by atoms with E-state index in [1.165, 1.54) is 6.07 Å². The predicted molar refractivity (Wildman–Crippen MR) is 65.6 cm³/mol. The van der Waals surface area contributed by atoms with E-state index in [9.17, 15) is 9.18 Å². The lowest BCUT2D eigenvalue weighted by molar-refractivity contribution is -0.130. The number of carbonyl (C=O) groups excluding carboxylic acids is 1. The number of hydrogen-bond donors (Lipinski definition) is 1. The summed E-state index contributed by atoms with van der Waals surface area (Å²) in [6.07, 6.45) is 1.15. The fraction of sp³-hybridized carbons (Fsp3) is 0.231. The molecule has 1 atom stereocenters. The van der Waals surface area contributed by atoms with Crippen molar-refractivity contribution in [3.05, 3.63) is 48.3 Å². The van der Waals surface area contributed by atoms with E-state index >= 15 is 0 Å². The molecule has 1 aromatic carbocycles. The van der Waals surface area contributed by atoms with Crippen LogP contribution in [0, 0.1) is 5.82 Å². The van der Waals surface area contributed by atoms with Gasteiger partial charge in [0.05, 0.1) is 5.71 Å². The predicted octanol–water partition coefficient (Wildman–Crippen LogP) is 1.62. The maximum absolute atomic E-state index is 13.5. The highest BCUT2D eigenvalue weighted by Gasteiger charge is 2.29. The standard InChI is InChI=1S/C13H13FN2O2/c1-2-7-15-13(17)12-8-11(16-18-12)9-5-3-4-6-10(9)14/h2-6,12H,1,7-8H2,(H,15,17). The van der Waals surface area contributed by atoms with Gasteiger partial charge in [-0.05, 0) is 6.07 Å². The highest BCUT2D eigenvalue weighted by Crippen LogP contribution is 2.18. The molecule has 1 heterocycles. The van der Waals surface area contributed by atoms with E-state index in [0.29, 0.717) is 17.8 Å². The molecule has 1 aromatic rings. The number of halogens is 1. The normalized spacial score (nSPS) is 17.8. The van der Waals surface area contributed by atoms with E-state index in [0.717, 1.165) is 0 Å². The van der Waals surface area contributed by atoms with Crippen molar-refractivity contribution in [2.45, 2.75) is 12.5 Å². The molecule has 0 radical (unpaired) electrons. The van der Waals surface area contributed by atoms with Gasteiger partial charge in [-0.1, -0.05) is 29.4 Å². The number of carbonyl (C=O) groups is 1. The van der Waals surface area contributed by atoms with E-state index in [2.05, 4.69) is 17.1 Å². The first-order valence-electron chi connectivity index (χ1n) is 5.58. The van der Waals surface area contributed by atoms with Crippen LogP contribution in [0.25, 0.3) is 0 Å². The van der Waals surface area contributed by atoms with Gasteiger partial charge in [-0.2, -0.15) is 0 Å². The monoisotopic (exact) mass is 248 g/mol. The second-order valence-electron chi connectivity index (χ2n) is 3.85. The van der Waals surface area contributed by atoms with Crippen molar-refractivity contribution in [1.82, 2.24) is 5.32 Å². The number of amides is 1. The summed E-state index contributed by atoms with van der Waals surface area (Å²) in [7, 11) is 0. The fourth-order valence-electron chi connectivity index (χ4n) is 1.66. The largest absolute Gasteiger partial charge is 0.382 e. The van der Waals surface area contributed by atoms with Crippen LogP contribution in [0.3, 0.4) is 0 Å². The zero-order valence-electron chi connectivity index (χ0n) is 9.73. The maximum atomic E-state index is 13.5. The Bertz CT molecular complexity index is 500. The van der Waals surface area contributed by atoms with Crippen LogP contribution in [0.2, 0.25) is 0 Å². The smallest absolute Gasteiger partial charge is 0.264 e. The van der Waals surface area contributed by atoms with Crippen molar-refractivity contribution in [2.75, 3.05) is 6.54 Å². The average molecular weight is 248 g/mol. The lowest BCUT2D eigenvalue weighted by Gasteiger charge is -2.07. The molecule has 5 heteroatoms. The van der Waals surface area contributed by atoms with Crippen LogP contribution in [0.4, 0.5) is 4.39 Å². The maximum Gasteiger partial charge on any atom is 0.264 e. The third kappa shape index (κ3) is 2.56. The summed E-state index contributed by atoms with van der Waals surface area (Å²) < 4.78 is 13.5. The quantitative estimate of drug-likeness (QED) is 0.823. The Kier molecular flexibility index (Phi) is 3.72. The molecule has 0 fully saturated rings. The molecule has 0 saturated carbocycles.